The van der Waals surface area contributed by atoms with Gasteiger partial charge < -0.3 is 4.90 Å². The lowest BCUT2D eigenvalue weighted by Crippen LogP contribution is -2.48. The highest BCUT2D eigenvalue weighted by Gasteiger charge is 2.35. The van der Waals surface area contributed by atoms with Gasteiger partial charge in [-0.1, -0.05) is 6.92 Å². The van der Waals surface area contributed by atoms with Crippen LogP contribution >= 0.6 is 0 Å². The van der Waals surface area contributed by atoms with Gasteiger partial charge in [-0.2, -0.15) is 28.2 Å². The van der Waals surface area contributed by atoms with Gasteiger partial charge in [0, 0.05) is 31.4 Å². The lowest BCUT2D eigenvalue weighted by atomic mass is 9.87. The molecule has 2 aromatic heterocycles. The summed E-state index contributed by atoms with van der Waals surface area (Å²) in [6.45, 7) is 4.21. The summed E-state index contributed by atoms with van der Waals surface area (Å²) in [5.41, 5.74) is 0.206. The van der Waals surface area contributed by atoms with Crippen LogP contribution < -0.4 is 0 Å². The fraction of sp³-hybridized carbons (Fsp3) is 0.435. The molecule has 4 rings (SSSR count). The van der Waals surface area contributed by atoms with Crippen LogP contribution in [0.25, 0.3) is 5.69 Å². The Hall–Kier alpha value is -3.37. The molecule has 1 aromatic carbocycles. The standard InChI is InChI=1S/C23H24F4N6O/c1-14-4-3-9-32(19(14)5-6-20-28-12-16(13-29-20)23(25,26)27)22(34)18-11-17(24)10-15(2)21(18)33-30-7-8-31-33/h7-8,10-14,19H,3-6,9H2,1-2H3/t14-,19-/m1/s1. The average molecular weight is 476 g/mol. The first-order valence-electron chi connectivity index (χ1n) is 11.0. The van der Waals surface area contributed by atoms with Crippen LogP contribution in [-0.4, -0.2) is 48.4 Å². The Labute approximate surface area is 193 Å². The van der Waals surface area contributed by atoms with Crippen LogP contribution in [0.5, 0.6) is 0 Å². The molecule has 1 aliphatic heterocycles. The lowest BCUT2D eigenvalue weighted by Gasteiger charge is -2.40. The van der Waals surface area contributed by atoms with E-state index in [0.29, 0.717) is 30.6 Å². The van der Waals surface area contributed by atoms with E-state index < -0.39 is 17.6 Å². The zero-order chi connectivity index (χ0) is 24.5. The third-order valence-corrected chi connectivity index (χ3v) is 6.19. The molecule has 11 heteroatoms. The van der Waals surface area contributed by atoms with Crippen molar-refractivity contribution in [3.8, 4) is 5.69 Å². The fourth-order valence-corrected chi connectivity index (χ4v) is 4.50. The van der Waals surface area contributed by atoms with Gasteiger partial charge in [0.1, 0.15) is 17.3 Å². The molecule has 0 bridgehead atoms. The summed E-state index contributed by atoms with van der Waals surface area (Å²) in [5.74, 6) is -0.439. The summed E-state index contributed by atoms with van der Waals surface area (Å²) in [5, 5.41) is 8.23. The minimum Gasteiger partial charge on any atom is -0.335 e. The molecule has 1 saturated heterocycles. The molecule has 0 N–H and O–H groups in total. The van der Waals surface area contributed by atoms with E-state index in [0.717, 1.165) is 25.2 Å². The summed E-state index contributed by atoms with van der Waals surface area (Å²) < 4.78 is 52.7. The van der Waals surface area contributed by atoms with Crippen LogP contribution in [0.15, 0.2) is 36.9 Å². The Balaban J connectivity index is 1.59. The molecule has 34 heavy (non-hydrogen) atoms. The summed E-state index contributed by atoms with van der Waals surface area (Å²) in [4.78, 5) is 24.4. The summed E-state index contributed by atoms with van der Waals surface area (Å²) in [6.07, 6.45) is 2.49. The number of rotatable bonds is 5. The molecular formula is C23H24F4N6O. The number of benzene rings is 1. The van der Waals surface area contributed by atoms with Crippen molar-refractivity contribution in [1.29, 1.82) is 0 Å². The Morgan fingerprint density at radius 1 is 1.15 bits per heavy atom. The number of aromatic nitrogens is 5. The highest BCUT2D eigenvalue weighted by molar-refractivity contribution is 5.98. The number of aryl methyl sites for hydroxylation is 2. The molecular weight excluding hydrogens is 452 g/mol. The summed E-state index contributed by atoms with van der Waals surface area (Å²) >= 11 is 0. The quantitative estimate of drug-likeness (QED) is 0.511. The normalized spacial score (nSPS) is 18.8. The van der Waals surface area contributed by atoms with Gasteiger partial charge >= 0.3 is 6.18 Å². The number of likely N-dealkylation sites (tertiary alicyclic amines) is 1. The molecule has 7 nitrogen and oxygen atoms in total. The van der Waals surface area contributed by atoms with Crippen LogP contribution in [0.3, 0.4) is 0 Å². The van der Waals surface area contributed by atoms with E-state index in [4.69, 9.17) is 0 Å². The maximum atomic E-state index is 14.3. The van der Waals surface area contributed by atoms with Crippen LogP contribution in [0.1, 0.15) is 53.5 Å². The number of amides is 1. The van der Waals surface area contributed by atoms with Gasteiger partial charge in [0.2, 0.25) is 0 Å². The third-order valence-electron chi connectivity index (χ3n) is 6.19. The van der Waals surface area contributed by atoms with Crippen LogP contribution in [-0.2, 0) is 12.6 Å². The van der Waals surface area contributed by atoms with Crippen molar-refractivity contribution in [1.82, 2.24) is 29.9 Å². The SMILES string of the molecule is Cc1cc(F)cc(C(=O)N2CCC[C@@H](C)[C@H]2CCc2ncc(C(F)(F)F)cn2)c1-n1nccn1. The van der Waals surface area contributed by atoms with E-state index in [1.54, 1.807) is 11.8 Å². The Bertz CT molecular complexity index is 1150. The van der Waals surface area contributed by atoms with Gasteiger partial charge in [0.15, 0.2) is 0 Å². The number of hydrogen-bond acceptors (Lipinski definition) is 5. The topological polar surface area (TPSA) is 76.8 Å². The minimum atomic E-state index is -4.50. The molecule has 2 atom stereocenters. The first kappa shape index (κ1) is 23.8. The predicted octanol–water partition coefficient (Wildman–Crippen LogP) is 4.40. The number of alkyl halides is 3. The van der Waals surface area contributed by atoms with E-state index in [9.17, 15) is 22.4 Å². The summed E-state index contributed by atoms with van der Waals surface area (Å²) in [6, 6.07) is 2.33. The first-order valence-corrected chi connectivity index (χ1v) is 11.0. The van der Waals surface area contributed by atoms with Crippen molar-refractivity contribution in [3.05, 3.63) is 65.3 Å². The molecule has 3 heterocycles. The number of halogens is 4. The van der Waals surface area contributed by atoms with Crippen molar-refractivity contribution in [2.24, 2.45) is 5.92 Å². The Kier molecular flexibility index (Phi) is 6.63. The van der Waals surface area contributed by atoms with Crippen molar-refractivity contribution in [2.75, 3.05) is 6.54 Å². The van der Waals surface area contributed by atoms with Crippen LogP contribution in [0.4, 0.5) is 17.6 Å². The van der Waals surface area contributed by atoms with E-state index in [1.165, 1.54) is 29.3 Å². The molecule has 180 valence electrons. The Morgan fingerprint density at radius 3 is 2.47 bits per heavy atom. The van der Waals surface area contributed by atoms with Crippen molar-refractivity contribution < 1.29 is 22.4 Å². The van der Waals surface area contributed by atoms with Crippen LogP contribution in [0.2, 0.25) is 0 Å². The third kappa shape index (κ3) is 4.92. The number of carbonyl (C=O) groups excluding carboxylic acids is 1. The second-order valence-electron chi connectivity index (χ2n) is 8.55. The molecule has 0 unspecified atom stereocenters. The van der Waals surface area contributed by atoms with E-state index >= 15 is 0 Å². The number of nitrogens with zero attached hydrogens (tertiary/aromatic N) is 6. The number of carbonyl (C=O) groups is 1. The second kappa shape index (κ2) is 9.47. The molecule has 3 aromatic rings. The van der Waals surface area contributed by atoms with Crippen molar-refractivity contribution in [3.63, 3.8) is 0 Å². The van der Waals surface area contributed by atoms with Gasteiger partial charge in [0.05, 0.1) is 23.5 Å². The smallest absolute Gasteiger partial charge is 0.335 e. The molecule has 0 saturated carbocycles. The van der Waals surface area contributed by atoms with E-state index in [1.807, 2.05) is 6.92 Å². The number of hydrogen-bond donors (Lipinski definition) is 0. The highest BCUT2D eigenvalue weighted by Crippen LogP contribution is 2.31. The van der Waals surface area contributed by atoms with Crippen molar-refractivity contribution in [2.45, 2.75) is 51.7 Å². The molecule has 0 radical (unpaired) electrons. The van der Waals surface area contributed by atoms with E-state index in [2.05, 4.69) is 20.2 Å². The monoisotopic (exact) mass is 476 g/mol. The minimum absolute atomic E-state index is 0.146. The molecule has 1 fully saturated rings. The van der Waals surface area contributed by atoms with Gasteiger partial charge in [-0.15, -0.1) is 0 Å². The maximum Gasteiger partial charge on any atom is 0.419 e. The van der Waals surface area contributed by atoms with Gasteiger partial charge in [-0.05, 0) is 49.8 Å². The van der Waals surface area contributed by atoms with Gasteiger partial charge in [-0.25, -0.2) is 14.4 Å². The molecule has 0 spiro atoms. The summed E-state index contributed by atoms with van der Waals surface area (Å²) in [7, 11) is 0. The molecule has 0 aliphatic carbocycles. The lowest BCUT2D eigenvalue weighted by molar-refractivity contribution is -0.138. The van der Waals surface area contributed by atoms with Gasteiger partial charge in [0.25, 0.3) is 5.91 Å². The average Bonchev–Trinajstić information content (AvgIpc) is 3.31. The predicted molar refractivity (Wildman–Crippen MR) is 115 cm³/mol. The molecule has 1 amide bonds. The number of piperidine rings is 1. The highest BCUT2D eigenvalue weighted by atomic mass is 19.4. The molecule has 1 aliphatic rings. The fourth-order valence-electron chi connectivity index (χ4n) is 4.50. The van der Waals surface area contributed by atoms with E-state index in [-0.39, 0.29) is 29.3 Å². The largest absolute Gasteiger partial charge is 0.419 e. The second-order valence-corrected chi connectivity index (χ2v) is 8.55. The first-order chi connectivity index (χ1) is 16.1. The van der Waals surface area contributed by atoms with Crippen molar-refractivity contribution >= 4 is 5.91 Å². The van der Waals surface area contributed by atoms with Gasteiger partial charge in [-0.3, -0.25) is 4.79 Å². The zero-order valence-electron chi connectivity index (χ0n) is 18.8. The van der Waals surface area contributed by atoms with Crippen LogP contribution in [0, 0.1) is 18.7 Å². The zero-order valence-corrected chi connectivity index (χ0v) is 18.8. The maximum absolute atomic E-state index is 14.3. The Morgan fingerprint density at radius 2 is 1.82 bits per heavy atom.